The van der Waals surface area contributed by atoms with Gasteiger partial charge in [-0.1, -0.05) is 0 Å². The number of hydrogen-bond acceptors (Lipinski definition) is 3. The van der Waals surface area contributed by atoms with Crippen LogP contribution in [0.5, 0.6) is 0 Å². The van der Waals surface area contributed by atoms with Crippen molar-refractivity contribution >= 4 is 0 Å². The molecule has 0 bridgehead atoms. The smallest absolute Gasteiger partial charge is 0.0190 e. The molecule has 0 radical (unpaired) electrons. The zero-order valence-corrected chi connectivity index (χ0v) is 9.09. The summed E-state index contributed by atoms with van der Waals surface area (Å²) >= 11 is 0. The Hall–Kier alpha value is -0.120. The molecule has 3 N–H and O–H groups in total. The molecule has 0 aliphatic carbocycles. The molecular formula is C10H23N3. The van der Waals surface area contributed by atoms with Crippen molar-refractivity contribution in [3.8, 4) is 0 Å². The van der Waals surface area contributed by atoms with Gasteiger partial charge in [-0.15, -0.1) is 0 Å². The van der Waals surface area contributed by atoms with Gasteiger partial charge in [0.15, 0.2) is 0 Å². The second-order valence-electron chi connectivity index (χ2n) is 4.39. The highest BCUT2D eigenvalue weighted by atomic mass is 15.1. The van der Waals surface area contributed by atoms with Crippen molar-refractivity contribution in [2.45, 2.75) is 44.8 Å². The van der Waals surface area contributed by atoms with Crippen molar-refractivity contribution in [3.63, 3.8) is 0 Å². The number of nitrogens with one attached hydrogen (secondary N) is 1. The molecule has 0 aromatic carbocycles. The summed E-state index contributed by atoms with van der Waals surface area (Å²) < 4.78 is 0. The molecule has 78 valence electrons. The lowest BCUT2D eigenvalue weighted by molar-refractivity contribution is 0.222. The molecule has 1 heterocycles. The monoisotopic (exact) mass is 185 g/mol. The van der Waals surface area contributed by atoms with Gasteiger partial charge >= 0.3 is 0 Å². The first-order valence-electron chi connectivity index (χ1n) is 5.29. The highest BCUT2D eigenvalue weighted by molar-refractivity contribution is 4.80. The Morgan fingerprint density at radius 1 is 1.31 bits per heavy atom. The Morgan fingerprint density at radius 2 is 1.85 bits per heavy atom. The number of piperidine rings is 1. The van der Waals surface area contributed by atoms with E-state index in [9.17, 15) is 0 Å². The molecule has 0 aromatic heterocycles. The van der Waals surface area contributed by atoms with E-state index < -0.39 is 0 Å². The highest BCUT2D eigenvalue weighted by Gasteiger charge is 2.19. The zero-order valence-electron chi connectivity index (χ0n) is 9.09. The van der Waals surface area contributed by atoms with E-state index in [0.29, 0.717) is 12.1 Å². The average Bonchev–Trinajstić information content (AvgIpc) is 2.08. The van der Waals surface area contributed by atoms with E-state index in [2.05, 4.69) is 31.1 Å². The van der Waals surface area contributed by atoms with Crippen molar-refractivity contribution in [2.75, 3.05) is 20.1 Å². The maximum Gasteiger partial charge on any atom is 0.0190 e. The molecule has 1 rings (SSSR count). The molecule has 0 spiro atoms. The van der Waals surface area contributed by atoms with Gasteiger partial charge in [-0.25, -0.2) is 0 Å². The van der Waals surface area contributed by atoms with Crippen LogP contribution in [0.3, 0.4) is 0 Å². The quantitative estimate of drug-likeness (QED) is 0.669. The Morgan fingerprint density at radius 3 is 2.31 bits per heavy atom. The van der Waals surface area contributed by atoms with Crippen molar-refractivity contribution in [3.05, 3.63) is 0 Å². The van der Waals surface area contributed by atoms with Crippen LogP contribution in [0.15, 0.2) is 0 Å². The van der Waals surface area contributed by atoms with Crippen LogP contribution < -0.4 is 11.1 Å². The molecule has 0 saturated carbocycles. The minimum absolute atomic E-state index is 0.250. The fourth-order valence-electron chi connectivity index (χ4n) is 1.70. The Kier molecular flexibility index (Phi) is 4.16. The molecule has 1 aliphatic heterocycles. The first kappa shape index (κ1) is 11.0. The lowest BCUT2D eigenvalue weighted by Gasteiger charge is -2.32. The number of likely N-dealkylation sites (tertiary alicyclic amines) is 1. The highest BCUT2D eigenvalue weighted by Crippen LogP contribution is 2.09. The summed E-state index contributed by atoms with van der Waals surface area (Å²) in [6.45, 7) is 6.66. The van der Waals surface area contributed by atoms with Crippen molar-refractivity contribution in [1.82, 2.24) is 10.2 Å². The minimum atomic E-state index is 0.250. The molecule has 13 heavy (non-hydrogen) atoms. The van der Waals surface area contributed by atoms with Crippen LogP contribution in [0.4, 0.5) is 0 Å². The lowest BCUT2D eigenvalue weighted by Crippen LogP contribution is -2.49. The molecule has 2 atom stereocenters. The van der Waals surface area contributed by atoms with Crippen LogP contribution in [0, 0.1) is 0 Å². The van der Waals surface area contributed by atoms with Gasteiger partial charge in [-0.05, 0) is 46.8 Å². The van der Waals surface area contributed by atoms with Gasteiger partial charge in [0, 0.05) is 18.1 Å². The summed E-state index contributed by atoms with van der Waals surface area (Å²) in [7, 11) is 2.19. The molecule has 3 nitrogen and oxygen atoms in total. The third-order valence-corrected chi connectivity index (χ3v) is 3.01. The zero-order chi connectivity index (χ0) is 9.84. The van der Waals surface area contributed by atoms with Crippen LogP contribution in [0.2, 0.25) is 0 Å². The number of hydrogen-bond donors (Lipinski definition) is 2. The topological polar surface area (TPSA) is 41.3 Å². The standard InChI is InChI=1S/C10H23N3/c1-8(11)9(2)12-10-4-6-13(3)7-5-10/h8-10,12H,4-7,11H2,1-3H3. The predicted molar refractivity (Wildman–Crippen MR) is 56.8 cm³/mol. The van der Waals surface area contributed by atoms with Gasteiger partial charge in [-0.2, -0.15) is 0 Å². The van der Waals surface area contributed by atoms with Crippen LogP contribution in [0.25, 0.3) is 0 Å². The first-order chi connectivity index (χ1) is 6.09. The fraction of sp³-hybridized carbons (Fsp3) is 1.00. The summed E-state index contributed by atoms with van der Waals surface area (Å²) in [5, 5.41) is 3.59. The van der Waals surface area contributed by atoms with Crippen molar-refractivity contribution in [2.24, 2.45) is 5.73 Å². The largest absolute Gasteiger partial charge is 0.327 e. The maximum atomic E-state index is 5.81. The van der Waals surface area contributed by atoms with E-state index >= 15 is 0 Å². The average molecular weight is 185 g/mol. The van der Waals surface area contributed by atoms with E-state index in [1.807, 2.05) is 0 Å². The van der Waals surface area contributed by atoms with E-state index in [4.69, 9.17) is 5.73 Å². The number of nitrogens with two attached hydrogens (primary N) is 1. The van der Waals surface area contributed by atoms with Gasteiger partial charge in [0.05, 0.1) is 0 Å². The Labute approximate surface area is 81.7 Å². The van der Waals surface area contributed by atoms with Gasteiger partial charge in [0.1, 0.15) is 0 Å². The van der Waals surface area contributed by atoms with Gasteiger partial charge in [0.2, 0.25) is 0 Å². The molecule has 0 amide bonds. The Bertz CT molecular complexity index is 139. The fourth-order valence-corrected chi connectivity index (χ4v) is 1.70. The molecule has 3 heteroatoms. The van der Waals surface area contributed by atoms with Gasteiger partial charge in [0.25, 0.3) is 0 Å². The van der Waals surface area contributed by atoms with Crippen molar-refractivity contribution < 1.29 is 0 Å². The summed E-state index contributed by atoms with van der Waals surface area (Å²) in [5.74, 6) is 0. The number of nitrogens with zero attached hydrogens (tertiary/aromatic N) is 1. The minimum Gasteiger partial charge on any atom is -0.327 e. The van der Waals surface area contributed by atoms with Gasteiger partial charge < -0.3 is 16.0 Å². The molecular weight excluding hydrogens is 162 g/mol. The van der Waals surface area contributed by atoms with E-state index in [0.717, 1.165) is 0 Å². The van der Waals surface area contributed by atoms with Crippen LogP contribution in [-0.4, -0.2) is 43.2 Å². The van der Waals surface area contributed by atoms with E-state index in [1.165, 1.54) is 25.9 Å². The molecule has 0 aromatic rings. The van der Waals surface area contributed by atoms with Crippen LogP contribution in [0.1, 0.15) is 26.7 Å². The molecule has 2 unspecified atom stereocenters. The van der Waals surface area contributed by atoms with E-state index in [1.54, 1.807) is 0 Å². The SMILES string of the molecule is CC(N)C(C)NC1CCN(C)CC1. The molecule has 1 saturated heterocycles. The van der Waals surface area contributed by atoms with E-state index in [-0.39, 0.29) is 6.04 Å². The second-order valence-corrected chi connectivity index (χ2v) is 4.39. The second kappa shape index (κ2) is 4.94. The normalized spacial score (nSPS) is 25.8. The third-order valence-electron chi connectivity index (χ3n) is 3.01. The van der Waals surface area contributed by atoms with Gasteiger partial charge in [-0.3, -0.25) is 0 Å². The summed E-state index contributed by atoms with van der Waals surface area (Å²) in [5.41, 5.74) is 5.81. The predicted octanol–water partition coefficient (Wildman–Crippen LogP) is 0.406. The lowest BCUT2D eigenvalue weighted by atomic mass is 10.0. The first-order valence-corrected chi connectivity index (χ1v) is 5.29. The summed E-state index contributed by atoms with van der Waals surface area (Å²) in [6.07, 6.45) is 2.52. The summed E-state index contributed by atoms with van der Waals surface area (Å²) in [4.78, 5) is 2.38. The maximum absolute atomic E-state index is 5.81. The van der Waals surface area contributed by atoms with Crippen LogP contribution >= 0.6 is 0 Å². The molecule has 1 fully saturated rings. The number of rotatable bonds is 3. The summed E-state index contributed by atoms with van der Waals surface area (Å²) in [6, 6.07) is 1.37. The Balaban J connectivity index is 2.22. The van der Waals surface area contributed by atoms with Crippen molar-refractivity contribution in [1.29, 1.82) is 0 Å². The third kappa shape index (κ3) is 3.63. The van der Waals surface area contributed by atoms with Crippen LogP contribution in [-0.2, 0) is 0 Å². The molecule has 1 aliphatic rings.